The molecule has 36 heavy (non-hydrogen) atoms. The Bertz CT molecular complexity index is 1600. The van der Waals surface area contributed by atoms with Crippen LogP contribution >= 0.6 is 34.5 Å². The molecule has 0 bridgehead atoms. The molecule has 3 aromatic carbocycles. The highest BCUT2D eigenvalue weighted by Gasteiger charge is 2.29. The van der Waals surface area contributed by atoms with Crippen molar-refractivity contribution in [3.8, 4) is 0 Å². The first-order valence-corrected chi connectivity index (χ1v) is 14.0. The summed E-state index contributed by atoms with van der Waals surface area (Å²) in [5, 5.41) is 13.1. The molecule has 2 heterocycles. The normalized spacial score (nSPS) is 15.5. The second-order valence-electron chi connectivity index (χ2n) is 8.35. The van der Waals surface area contributed by atoms with Crippen molar-refractivity contribution in [1.29, 1.82) is 0 Å². The lowest BCUT2D eigenvalue weighted by atomic mass is 10.0. The van der Waals surface area contributed by atoms with Gasteiger partial charge < -0.3 is 10.0 Å². The van der Waals surface area contributed by atoms with Crippen molar-refractivity contribution in [3.05, 3.63) is 98.9 Å². The summed E-state index contributed by atoms with van der Waals surface area (Å²) < 4.78 is 27.0. The first-order valence-electron chi connectivity index (χ1n) is 10.9. The first-order chi connectivity index (χ1) is 17.2. The van der Waals surface area contributed by atoms with Gasteiger partial charge in [-0.3, -0.25) is 4.79 Å². The van der Waals surface area contributed by atoms with Crippen molar-refractivity contribution >= 4 is 73.0 Å². The molecular formula is C26H20Cl2N2O4S2. The van der Waals surface area contributed by atoms with E-state index in [1.165, 1.54) is 6.07 Å². The molecule has 1 atom stereocenters. The van der Waals surface area contributed by atoms with Gasteiger partial charge in [-0.05, 0) is 40.1 Å². The van der Waals surface area contributed by atoms with Crippen LogP contribution in [0.2, 0.25) is 9.36 Å². The molecule has 0 radical (unpaired) electrons. The molecule has 1 aliphatic heterocycles. The number of nitrogens with one attached hydrogen (secondary N) is 1. The molecular weight excluding hydrogens is 539 g/mol. The molecule has 0 aliphatic carbocycles. The number of thiophene rings is 1. The van der Waals surface area contributed by atoms with Gasteiger partial charge in [0.05, 0.1) is 16.8 Å². The number of nitrogens with zero attached hydrogens (tertiary/aromatic N) is 1. The summed E-state index contributed by atoms with van der Waals surface area (Å²) in [7, 11) is -4.11. The van der Waals surface area contributed by atoms with E-state index in [-0.39, 0.29) is 13.6 Å². The smallest absolute Gasteiger partial charge is 0.273 e. The van der Waals surface area contributed by atoms with Gasteiger partial charge in [-0.25, -0.2) is 13.1 Å². The zero-order valence-corrected chi connectivity index (χ0v) is 21.8. The Balaban J connectivity index is 1.38. The third-order valence-electron chi connectivity index (χ3n) is 5.89. The molecule has 4 aromatic rings. The second-order valence-corrected chi connectivity index (χ2v) is 12.3. The van der Waals surface area contributed by atoms with E-state index in [0.717, 1.165) is 45.0 Å². The van der Waals surface area contributed by atoms with Crippen molar-refractivity contribution in [2.24, 2.45) is 0 Å². The summed E-state index contributed by atoms with van der Waals surface area (Å²) in [5.74, 6) is -0.812. The maximum absolute atomic E-state index is 12.5. The molecule has 5 rings (SSSR count). The van der Waals surface area contributed by atoms with Crippen LogP contribution in [0.4, 0.5) is 5.69 Å². The van der Waals surface area contributed by atoms with Crippen molar-refractivity contribution in [2.75, 3.05) is 11.4 Å². The summed E-state index contributed by atoms with van der Waals surface area (Å²) in [6, 6.07) is 21.0. The molecule has 0 saturated carbocycles. The molecule has 2 N–H and O–H groups in total. The fourth-order valence-corrected chi connectivity index (χ4v) is 7.11. The number of hydrogen-bond acceptors (Lipinski definition) is 6. The quantitative estimate of drug-likeness (QED) is 0.293. The van der Waals surface area contributed by atoms with Crippen LogP contribution in [0.1, 0.15) is 22.8 Å². The van der Waals surface area contributed by atoms with Gasteiger partial charge in [0.15, 0.2) is 0 Å². The van der Waals surface area contributed by atoms with Crippen molar-refractivity contribution < 1.29 is 18.3 Å². The largest absolute Gasteiger partial charge is 0.386 e. The Morgan fingerprint density at radius 3 is 2.61 bits per heavy atom. The molecule has 10 heteroatoms. The molecule has 1 amide bonds. The fraction of sp³-hybridized carbons (Fsp3) is 0.115. The third kappa shape index (κ3) is 5.00. The van der Waals surface area contributed by atoms with Gasteiger partial charge in [-0.1, -0.05) is 77.8 Å². The summed E-state index contributed by atoms with van der Waals surface area (Å²) in [4.78, 5) is 14.5. The Labute approximate surface area is 222 Å². The monoisotopic (exact) mass is 558 g/mol. The Morgan fingerprint density at radius 2 is 1.86 bits per heavy atom. The van der Waals surface area contributed by atoms with Gasteiger partial charge in [0.1, 0.15) is 8.55 Å². The Kier molecular flexibility index (Phi) is 6.80. The van der Waals surface area contributed by atoms with E-state index in [1.54, 1.807) is 12.1 Å². The average molecular weight is 559 g/mol. The van der Waals surface area contributed by atoms with Gasteiger partial charge in [-0.15, -0.1) is 11.3 Å². The number of para-hydroxylation sites is 1. The molecule has 6 nitrogen and oxygen atoms in total. The van der Waals surface area contributed by atoms with Crippen LogP contribution in [0, 0.1) is 0 Å². The van der Waals surface area contributed by atoms with Crippen LogP contribution in [0.15, 0.2) is 77.0 Å². The molecule has 1 unspecified atom stereocenters. The molecule has 1 aromatic heterocycles. The van der Waals surface area contributed by atoms with E-state index in [2.05, 4.69) is 35.2 Å². The first kappa shape index (κ1) is 24.8. The highest BCUT2D eigenvalue weighted by atomic mass is 35.5. The minimum Gasteiger partial charge on any atom is -0.386 e. The predicted molar refractivity (Wildman–Crippen MR) is 145 cm³/mol. The third-order valence-corrected chi connectivity index (χ3v) is 9.58. The zero-order chi connectivity index (χ0) is 25.4. The molecule has 0 spiro atoms. The highest BCUT2D eigenvalue weighted by molar-refractivity contribution is 7.92. The standard InChI is InChI=1S/C26H20Cl2N2O4S2/c27-21-13-24(35-26(21)28)36(33,34)29-23(32)11-10-18-6-3-7-20-22(31)15-30(25(18)20)14-16-8-9-17-4-1-2-5-19(17)12-16/h1-13,22,31H,14-15H2,(H,29,32)/b11-10+. The number of anilines is 1. The van der Waals surface area contributed by atoms with Crippen molar-refractivity contribution in [1.82, 2.24) is 4.72 Å². The predicted octanol–water partition coefficient (Wildman–Crippen LogP) is 5.78. The molecule has 184 valence electrons. The van der Waals surface area contributed by atoms with E-state index in [0.29, 0.717) is 18.7 Å². The van der Waals surface area contributed by atoms with Gasteiger partial charge in [0, 0.05) is 24.7 Å². The minimum atomic E-state index is -4.11. The minimum absolute atomic E-state index is 0.106. The number of hydrogen-bond donors (Lipinski definition) is 2. The number of fused-ring (bicyclic) bond motifs is 2. The summed E-state index contributed by atoms with van der Waals surface area (Å²) >= 11 is 12.5. The number of aliphatic hydroxyl groups excluding tert-OH is 1. The lowest BCUT2D eigenvalue weighted by Gasteiger charge is -2.21. The maximum atomic E-state index is 12.5. The fourth-order valence-electron chi connectivity index (χ4n) is 4.29. The number of carbonyl (C=O) groups excluding carboxylic acids is 1. The van der Waals surface area contributed by atoms with E-state index in [1.807, 2.05) is 29.0 Å². The number of sulfonamides is 1. The van der Waals surface area contributed by atoms with Gasteiger partial charge in [0.2, 0.25) is 0 Å². The number of β-amino-alcohol motifs (C(OH)–C–C–N with tert-alkyl or cyclic N) is 1. The number of rotatable bonds is 6. The highest BCUT2D eigenvalue weighted by Crippen LogP contribution is 2.39. The van der Waals surface area contributed by atoms with Crippen LogP contribution in [-0.2, 0) is 21.4 Å². The topological polar surface area (TPSA) is 86.7 Å². The van der Waals surface area contributed by atoms with Crippen LogP contribution in [0.25, 0.3) is 16.8 Å². The van der Waals surface area contributed by atoms with Crippen LogP contribution in [0.3, 0.4) is 0 Å². The van der Waals surface area contributed by atoms with Crippen molar-refractivity contribution in [3.63, 3.8) is 0 Å². The molecule has 0 saturated heterocycles. The molecule has 1 aliphatic rings. The second kappa shape index (κ2) is 9.88. The average Bonchev–Trinajstić information content (AvgIpc) is 3.36. The Hall–Kier alpha value is -2.88. The number of carbonyl (C=O) groups is 1. The number of aliphatic hydroxyl groups is 1. The van der Waals surface area contributed by atoms with E-state index >= 15 is 0 Å². The van der Waals surface area contributed by atoms with E-state index < -0.39 is 22.0 Å². The van der Waals surface area contributed by atoms with Crippen LogP contribution in [-0.4, -0.2) is 26.0 Å². The zero-order valence-electron chi connectivity index (χ0n) is 18.7. The van der Waals surface area contributed by atoms with Gasteiger partial charge >= 0.3 is 0 Å². The Morgan fingerprint density at radius 1 is 1.08 bits per heavy atom. The van der Waals surface area contributed by atoms with Crippen molar-refractivity contribution in [2.45, 2.75) is 16.9 Å². The summed E-state index contributed by atoms with van der Waals surface area (Å²) in [6.07, 6.45) is 2.03. The van der Waals surface area contributed by atoms with Gasteiger partial charge in [-0.2, -0.15) is 0 Å². The lowest BCUT2D eigenvalue weighted by Crippen LogP contribution is -2.28. The SMILES string of the molecule is O=C(/C=C/c1cccc2c1N(Cc1ccc3ccccc3c1)CC2O)NS(=O)(=O)c1cc(Cl)c(Cl)s1. The number of amides is 1. The maximum Gasteiger partial charge on any atom is 0.273 e. The van der Waals surface area contributed by atoms with Gasteiger partial charge in [0.25, 0.3) is 15.9 Å². The number of benzene rings is 3. The van der Waals surface area contributed by atoms with E-state index in [9.17, 15) is 18.3 Å². The summed E-state index contributed by atoms with van der Waals surface area (Å²) in [6.45, 7) is 0.980. The number of halogens is 2. The van der Waals surface area contributed by atoms with Crippen LogP contribution < -0.4 is 9.62 Å². The lowest BCUT2D eigenvalue weighted by molar-refractivity contribution is -0.114. The van der Waals surface area contributed by atoms with Crippen LogP contribution in [0.5, 0.6) is 0 Å². The molecule has 0 fully saturated rings. The summed E-state index contributed by atoms with van der Waals surface area (Å²) in [5.41, 5.74) is 3.35. The van der Waals surface area contributed by atoms with E-state index in [4.69, 9.17) is 23.2 Å².